The van der Waals surface area contributed by atoms with E-state index in [0.29, 0.717) is 18.8 Å². The molecule has 0 aliphatic heterocycles. The minimum atomic E-state index is -3.56. The molecule has 1 rings (SSSR count). The third-order valence-electron chi connectivity index (χ3n) is 2.70. The van der Waals surface area contributed by atoms with E-state index >= 15 is 0 Å². The van der Waals surface area contributed by atoms with Crippen molar-refractivity contribution in [3.8, 4) is 0 Å². The molecule has 0 spiro atoms. The molecule has 0 aliphatic carbocycles. The topological polar surface area (TPSA) is 114 Å². The van der Waals surface area contributed by atoms with Crippen LogP contribution in [0.1, 0.15) is 19.6 Å². The Morgan fingerprint density at radius 1 is 1.42 bits per heavy atom. The third-order valence-corrected chi connectivity index (χ3v) is 3.99. The van der Waals surface area contributed by atoms with Crippen molar-refractivity contribution < 1.29 is 17.6 Å². The maximum atomic E-state index is 11.5. The maximum absolute atomic E-state index is 11.5. The summed E-state index contributed by atoms with van der Waals surface area (Å²) in [6.45, 7) is 4.13. The van der Waals surface area contributed by atoms with Crippen molar-refractivity contribution in [2.45, 2.75) is 25.5 Å². The molecule has 1 amide bonds. The molecule has 0 bridgehead atoms. The van der Waals surface area contributed by atoms with E-state index in [4.69, 9.17) is 10.2 Å². The molecule has 4 N–H and O–H groups in total. The van der Waals surface area contributed by atoms with Crippen LogP contribution in [0, 0.1) is 5.41 Å². The first kappa shape index (κ1) is 15.7. The van der Waals surface area contributed by atoms with Crippen LogP contribution in [-0.4, -0.2) is 27.9 Å². The van der Waals surface area contributed by atoms with Crippen LogP contribution in [0.5, 0.6) is 0 Å². The lowest BCUT2D eigenvalue weighted by Gasteiger charge is -2.20. The zero-order valence-corrected chi connectivity index (χ0v) is 12.0. The number of nitrogens with two attached hydrogens (primary N) is 1. The molecular formula is C11H19N3O4S. The number of rotatable bonds is 7. The van der Waals surface area contributed by atoms with Gasteiger partial charge in [-0.2, -0.15) is 0 Å². The fraction of sp³-hybridized carbons (Fsp3) is 0.545. The fourth-order valence-electron chi connectivity index (χ4n) is 1.28. The van der Waals surface area contributed by atoms with Gasteiger partial charge in [0.1, 0.15) is 5.76 Å². The number of primary amides is 1. The monoisotopic (exact) mass is 289 g/mol. The maximum Gasteiger partial charge on any atom is 0.273 e. The summed E-state index contributed by atoms with van der Waals surface area (Å²) >= 11 is 0. The Morgan fingerprint density at radius 3 is 2.58 bits per heavy atom. The summed E-state index contributed by atoms with van der Waals surface area (Å²) in [7, 11) is -2.25. The smallest absolute Gasteiger partial charge is 0.273 e. The predicted octanol–water partition coefficient (Wildman–Crippen LogP) is -0.211. The van der Waals surface area contributed by atoms with Crippen LogP contribution in [0.25, 0.3) is 0 Å². The Hall–Kier alpha value is -1.38. The van der Waals surface area contributed by atoms with Gasteiger partial charge < -0.3 is 15.5 Å². The Morgan fingerprint density at radius 2 is 2.05 bits per heavy atom. The SMILES string of the molecule is CNS(=O)(=O)c1ccc(CNCC(C)(C)C(N)=O)o1. The van der Waals surface area contributed by atoms with Crippen LogP contribution < -0.4 is 15.8 Å². The molecule has 0 saturated carbocycles. The van der Waals surface area contributed by atoms with Crippen molar-refractivity contribution in [3.05, 3.63) is 17.9 Å². The average Bonchev–Trinajstić information content (AvgIpc) is 2.78. The molecule has 0 unspecified atom stereocenters. The highest BCUT2D eigenvalue weighted by atomic mass is 32.2. The lowest BCUT2D eigenvalue weighted by atomic mass is 9.93. The standard InChI is InChI=1S/C11H19N3O4S/c1-11(2,10(12)15)7-14-6-8-4-5-9(18-8)19(16,17)13-3/h4-5,13-14H,6-7H2,1-3H3,(H2,12,15). The van der Waals surface area contributed by atoms with Gasteiger partial charge in [-0.25, -0.2) is 13.1 Å². The number of hydrogen-bond acceptors (Lipinski definition) is 5. The van der Waals surface area contributed by atoms with Crippen molar-refractivity contribution >= 4 is 15.9 Å². The van der Waals surface area contributed by atoms with E-state index in [9.17, 15) is 13.2 Å². The molecule has 108 valence electrons. The Bertz CT molecular complexity index is 548. The van der Waals surface area contributed by atoms with Gasteiger partial charge in [0.15, 0.2) is 0 Å². The van der Waals surface area contributed by atoms with Gasteiger partial charge in [0.05, 0.1) is 12.0 Å². The lowest BCUT2D eigenvalue weighted by Crippen LogP contribution is -2.40. The fourth-order valence-corrected chi connectivity index (χ4v) is 1.95. The van der Waals surface area contributed by atoms with Gasteiger partial charge in [-0.3, -0.25) is 4.79 Å². The van der Waals surface area contributed by atoms with Gasteiger partial charge in [-0.05, 0) is 33.0 Å². The minimum absolute atomic E-state index is 0.138. The number of hydrogen-bond donors (Lipinski definition) is 3. The van der Waals surface area contributed by atoms with E-state index in [1.165, 1.54) is 13.1 Å². The first-order chi connectivity index (χ1) is 8.69. The van der Waals surface area contributed by atoms with Crippen LogP contribution in [0.3, 0.4) is 0 Å². The van der Waals surface area contributed by atoms with Crippen molar-refractivity contribution in [1.29, 1.82) is 0 Å². The number of nitrogens with one attached hydrogen (secondary N) is 2. The second-order valence-electron chi connectivity index (χ2n) is 4.78. The normalized spacial score (nSPS) is 12.6. The largest absolute Gasteiger partial charge is 0.447 e. The van der Waals surface area contributed by atoms with Crippen LogP contribution in [0.2, 0.25) is 0 Å². The van der Waals surface area contributed by atoms with Gasteiger partial charge >= 0.3 is 0 Å². The van der Waals surface area contributed by atoms with Crippen LogP contribution >= 0.6 is 0 Å². The molecule has 8 heteroatoms. The van der Waals surface area contributed by atoms with Gasteiger partial charge in [-0.15, -0.1) is 0 Å². The zero-order chi connectivity index (χ0) is 14.7. The number of amides is 1. The van der Waals surface area contributed by atoms with E-state index in [1.54, 1.807) is 19.9 Å². The summed E-state index contributed by atoms with van der Waals surface area (Å²) in [4.78, 5) is 11.1. The summed E-state index contributed by atoms with van der Waals surface area (Å²) in [5.41, 5.74) is 4.56. The molecule has 1 heterocycles. The van der Waals surface area contributed by atoms with Crippen LogP contribution in [0.15, 0.2) is 21.6 Å². The summed E-state index contributed by atoms with van der Waals surface area (Å²) < 4.78 is 30.2. The molecule has 19 heavy (non-hydrogen) atoms. The summed E-state index contributed by atoms with van der Waals surface area (Å²) in [6, 6.07) is 2.94. The second-order valence-corrected chi connectivity index (χ2v) is 6.60. The Labute approximate surface area is 112 Å². The first-order valence-corrected chi connectivity index (χ1v) is 7.20. The Kier molecular flexibility index (Phi) is 4.72. The number of carbonyl (C=O) groups is 1. The Balaban J connectivity index is 2.59. The van der Waals surface area contributed by atoms with Crippen LogP contribution in [-0.2, 0) is 21.4 Å². The van der Waals surface area contributed by atoms with Gasteiger partial charge in [0.25, 0.3) is 10.0 Å². The molecule has 0 fully saturated rings. The number of carbonyl (C=O) groups excluding carboxylic acids is 1. The van der Waals surface area contributed by atoms with Gasteiger partial charge in [0.2, 0.25) is 11.0 Å². The zero-order valence-electron chi connectivity index (χ0n) is 11.2. The van der Waals surface area contributed by atoms with E-state index in [-0.39, 0.29) is 5.09 Å². The van der Waals surface area contributed by atoms with E-state index < -0.39 is 21.3 Å². The van der Waals surface area contributed by atoms with Crippen molar-refractivity contribution in [3.63, 3.8) is 0 Å². The highest BCUT2D eigenvalue weighted by Crippen LogP contribution is 2.15. The van der Waals surface area contributed by atoms with Gasteiger partial charge in [-0.1, -0.05) is 0 Å². The van der Waals surface area contributed by atoms with Crippen LogP contribution in [0.4, 0.5) is 0 Å². The molecule has 0 radical (unpaired) electrons. The third kappa shape index (κ3) is 4.05. The molecule has 7 nitrogen and oxygen atoms in total. The molecule has 0 saturated heterocycles. The highest BCUT2D eigenvalue weighted by Gasteiger charge is 2.24. The number of sulfonamides is 1. The van der Waals surface area contributed by atoms with E-state index in [0.717, 1.165) is 0 Å². The molecule has 0 aromatic carbocycles. The van der Waals surface area contributed by atoms with Crippen molar-refractivity contribution in [1.82, 2.24) is 10.0 Å². The van der Waals surface area contributed by atoms with Crippen molar-refractivity contribution in [2.24, 2.45) is 11.1 Å². The summed E-state index contributed by atoms with van der Waals surface area (Å²) in [5, 5.41) is 2.86. The second kappa shape index (κ2) is 5.72. The summed E-state index contributed by atoms with van der Waals surface area (Å²) in [6.07, 6.45) is 0. The molecule has 1 aromatic rings. The number of furan rings is 1. The predicted molar refractivity (Wildman–Crippen MR) is 69.6 cm³/mol. The molecule has 0 atom stereocenters. The molecular weight excluding hydrogens is 270 g/mol. The van der Waals surface area contributed by atoms with E-state index in [1.807, 2.05) is 0 Å². The molecule has 0 aliphatic rings. The van der Waals surface area contributed by atoms with Gasteiger partial charge in [0, 0.05) is 6.54 Å². The minimum Gasteiger partial charge on any atom is -0.447 e. The van der Waals surface area contributed by atoms with Crippen molar-refractivity contribution in [2.75, 3.05) is 13.6 Å². The average molecular weight is 289 g/mol. The lowest BCUT2D eigenvalue weighted by molar-refractivity contribution is -0.125. The highest BCUT2D eigenvalue weighted by molar-refractivity contribution is 7.89. The first-order valence-electron chi connectivity index (χ1n) is 5.72. The quantitative estimate of drug-likeness (QED) is 0.642. The summed E-state index contributed by atoms with van der Waals surface area (Å²) in [5.74, 6) is 0.0620. The molecule has 1 aromatic heterocycles. The van der Waals surface area contributed by atoms with E-state index in [2.05, 4.69) is 10.0 Å².